The van der Waals surface area contributed by atoms with Gasteiger partial charge in [0.2, 0.25) is 0 Å². The molecule has 1 aromatic carbocycles. The highest BCUT2D eigenvalue weighted by molar-refractivity contribution is 5.26. The maximum absolute atomic E-state index is 9.22. The van der Waals surface area contributed by atoms with Gasteiger partial charge < -0.3 is 10.4 Å². The van der Waals surface area contributed by atoms with Gasteiger partial charge in [0, 0.05) is 25.8 Å². The number of nitrogens with zero attached hydrogens (tertiary/aromatic N) is 2. The number of nitrogens with one attached hydrogen (secondary N) is 1. The standard InChI is InChI=1S/C14H19N3O/c1-11(9-12-3-5-14(18)6-4-12)15-10-13-7-8-16-17(13)2/h3-8,11,15,18H,9-10H2,1-2H3. The summed E-state index contributed by atoms with van der Waals surface area (Å²) in [6, 6.07) is 9.76. The Bertz CT molecular complexity index is 490. The van der Waals surface area contributed by atoms with Crippen molar-refractivity contribution >= 4 is 0 Å². The average Bonchev–Trinajstić information content (AvgIpc) is 2.75. The Hall–Kier alpha value is -1.81. The van der Waals surface area contributed by atoms with Crippen LogP contribution in [0.25, 0.3) is 0 Å². The molecule has 0 fully saturated rings. The SMILES string of the molecule is CC(Cc1ccc(O)cc1)NCc1ccnn1C. The van der Waals surface area contributed by atoms with Crippen molar-refractivity contribution in [3.63, 3.8) is 0 Å². The number of benzene rings is 1. The first-order chi connectivity index (χ1) is 8.65. The molecular formula is C14H19N3O. The summed E-state index contributed by atoms with van der Waals surface area (Å²) in [6.45, 7) is 2.97. The van der Waals surface area contributed by atoms with Crippen LogP contribution < -0.4 is 5.32 Å². The Morgan fingerprint density at radius 2 is 2.00 bits per heavy atom. The molecule has 96 valence electrons. The Kier molecular flexibility index (Phi) is 3.99. The van der Waals surface area contributed by atoms with E-state index in [9.17, 15) is 5.11 Å². The highest BCUT2D eigenvalue weighted by Gasteiger charge is 2.05. The zero-order chi connectivity index (χ0) is 13.0. The van der Waals surface area contributed by atoms with Gasteiger partial charge in [-0.25, -0.2) is 0 Å². The Morgan fingerprint density at radius 1 is 1.28 bits per heavy atom. The van der Waals surface area contributed by atoms with Gasteiger partial charge in [0.25, 0.3) is 0 Å². The summed E-state index contributed by atoms with van der Waals surface area (Å²) < 4.78 is 1.88. The molecule has 0 aliphatic heterocycles. The largest absolute Gasteiger partial charge is 0.508 e. The first-order valence-electron chi connectivity index (χ1n) is 6.13. The number of phenolic OH excluding ortho intramolecular Hbond substituents is 1. The third-order valence-corrected chi connectivity index (χ3v) is 3.03. The molecule has 2 aromatic rings. The number of phenols is 1. The number of aromatic nitrogens is 2. The topological polar surface area (TPSA) is 50.1 Å². The second kappa shape index (κ2) is 5.69. The van der Waals surface area contributed by atoms with Crippen molar-refractivity contribution in [3.05, 3.63) is 47.8 Å². The summed E-state index contributed by atoms with van der Waals surface area (Å²) in [6.07, 6.45) is 2.75. The fourth-order valence-corrected chi connectivity index (χ4v) is 1.91. The molecule has 4 nitrogen and oxygen atoms in total. The van der Waals surface area contributed by atoms with E-state index in [4.69, 9.17) is 0 Å². The molecule has 0 aliphatic carbocycles. The van der Waals surface area contributed by atoms with E-state index in [1.165, 1.54) is 11.3 Å². The van der Waals surface area contributed by atoms with E-state index < -0.39 is 0 Å². The van der Waals surface area contributed by atoms with Gasteiger partial charge in [-0.2, -0.15) is 5.10 Å². The molecule has 18 heavy (non-hydrogen) atoms. The maximum Gasteiger partial charge on any atom is 0.115 e. The van der Waals surface area contributed by atoms with E-state index in [1.54, 1.807) is 12.1 Å². The lowest BCUT2D eigenvalue weighted by Crippen LogP contribution is -2.28. The van der Waals surface area contributed by atoms with Gasteiger partial charge in [-0.05, 0) is 37.1 Å². The van der Waals surface area contributed by atoms with Crippen LogP contribution in [-0.4, -0.2) is 20.9 Å². The normalized spacial score (nSPS) is 12.6. The van der Waals surface area contributed by atoms with Crippen molar-refractivity contribution in [3.8, 4) is 5.75 Å². The molecule has 0 bridgehead atoms. The van der Waals surface area contributed by atoms with Crippen LogP contribution in [0.15, 0.2) is 36.5 Å². The summed E-state index contributed by atoms with van der Waals surface area (Å²) in [5.41, 5.74) is 2.39. The molecule has 1 heterocycles. The molecular weight excluding hydrogens is 226 g/mol. The Balaban J connectivity index is 1.83. The van der Waals surface area contributed by atoms with Crippen LogP contribution in [0, 0.1) is 0 Å². The van der Waals surface area contributed by atoms with Gasteiger partial charge >= 0.3 is 0 Å². The van der Waals surface area contributed by atoms with Gasteiger partial charge in [0.05, 0.1) is 5.69 Å². The van der Waals surface area contributed by atoms with Crippen LogP contribution >= 0.6 is 0 Å². The quantitative estimate of drug-likeness (QED) is 0.845. The maximum atomic E-state index is 9.22. The molecule has 1 atom stereocenters. The van der Waals surface area contributed by atoms with Crippen LogP contribution in [0.4, 0.5) is 0 Å². The first-order valence-corrected chi connectivity index (χ1v) is 6.13. The summed E-state index contributed by atoms with van der Waals surface area (Å²) in [4.78, 5) is 0. The van der Waals surface area contributed by atoms with Crippen LogP contribution in [0.3, 0.4) is 0 Å². The molecule has 0 aliphatic rings. The van der Waals surface area contributed by atoms with Crippen molar-refractivity contribution < 1.29 is 5.11 Å². The molecule has 0 amide bonds. The number of hydrogen-bond donors (Lipinski definition) is 2. The fraction of sp³-hybridized carbons (Fsp3) is 0.357. The third kappa shape index (κ3) is 3.34. The first kappa shape index (κ1) is 12.6. The number of rotatable bonds is 5. The number of aromatic hydroxyl groups is 1. The van der Waals surface area contributed by atoms with Crippen molar-refractivity contribution in [2.45, 2.75) is 25.9 Å². The van der Waals surface area contributed by atoms with E-state index in [0.29, 0.717) is 11.8 Å². The monoisotopic (exact) mass is 245 g/mol. The molecule has 1 aromatic heterocycles. The highest BCUT2D eigenvalue weighted by atomic mass is 16.3. The van der Waals surface area contributed by atoms with Gasteiger partial charge in [-0.15, -0.1) is 0 Å². The zero-order valence-corrected chi connectivity index (χ0v) is 10.8. The van der Waals surface area contributed by atoms with Crippen LogP contribution in [0.5, 0.6) is 5.75 Å². The second-order valence-electron chi connectivity index (χ2n) is 4.60. The highest BCUT2D eigenvalue weighted by Crippen LogP contribution is 2.11. The van der Waals surface area contributed by atoms with Gasteiger partial charge in [-0.3, -0.25) is 4.68 Å². The van der Waals surface area contributed by atoms with Crippen LogP contribution in [-0.2, 0) is 20.0 Å². The lowest BCUT2D eigenvalue weighted by molar-refractivity contribution is 0.474. The Labute approximate surface area is 107 Å². The van der Waals surface area contributed by atoms with Gasteiger partial charge in [0.15, 0.2) is 0 Å². The van der Waals surface area contributed by atoms with Crippen molar-refractivity contribution in [2.75, 3.05) is 0 Å². The summed E-state index contributed by atoms with van der Waals surface area (Å²) in [7, 11) is 1.95. The van der Waals surface area contributed by atoms with Gasteiger partial charge in [0.1, 0.15) is 5.75 Å². The lowest BCUT2D eigenvalue weighted by atomic mass is 10.1. The van der Waals surface area contributed by atoms with E-state index >= 15 is 0 Å². The molecule has 4 heteroatoms. The minimum atomic E-state index is 0.314. The summed E-state index contributed by atoms with van der Waals surface area (Å²) in [5.74, 6) is 0.314. The van der Waals surface area contributed by atoms with Crippen molar-refractivity contribution in [1.82, 2.24) is 15.1 Å². The Morgan fingerprint density at radius 3 is 2.61 bits per heavy atom. The van der Waals surface area contributed by atoms with E-state index in [-0.39, 0.29) is 0 Å². The van der Waals surface area contributed by atoms with Crippen molar-refractivity contribution in [1.29, 1.82) is 0 Å². The van der Waals surface area contributed by atoms with E-state index in [2.05, 4.69) is 17.3 Å². The molecule has 0 saturated carbocycles. The fourth-order valence-electron chi connectivity index (χ4n) is 1.91. The van der Waals surface area contributed by atoms with Crippen LogP contribution in [0.1, 0.15) is 18.2 Å². The average molecular weight is 245 g/mol. The minimum absolute atomic E-state index is 0.314. The summed E-state index contributed by atoms with van der Waals surface area (Å²) >= 11 is 0. The third-order valence-electron chi connectivity index (χ3n) is 3.03. The molecule has 0 spiro atoms. The van der Waals surface area contributed by atoms with E-state index in [1.807, 2.05) is 36.1 Å². The predicted molar refractivity (Wildman–Crippen MR) is 71.3 cm³/mol. The van der Waals surface area contributed by atoms with Crippen molar-refractivity contribution in [2.24, 2.45) is 7.05 Å². The smallest absolute Gasteiger partial charge is 0.115 e. The molecule has 2 N–H and O–H groups in total. The van der Waals surface area contributed by atoms with Crippen LogP contribution in [0.2, 0.25) is 0 Å². The number of aryl methyl sites for hydroxylation is 1. The van der Waals surface area contributed by atoms with Gasteiger partial charge in [-0.1, -0.05) is 12.1 Å². The predicted octanol–water partition coefficient (Wildman–Crippen LogP) is 1.85. The minimum Gasteiger partial charge on any atom is -0.508 e. The van der Waals surface area contributed by atoms with E-state index in [0.717, 1.165) is 13.0 Å². The molecule has 0 radical (unpaired) electrons. The second-order valence-corrected chi connectivity index (χ2v) is 4.60. The number of hydrogen-bond acceptors (Lipinski definition) is 3. The zero-order valence-electron chi connectivity index (χ0n) is 10.8. The molecule has 1 unspecified atom stereocenters. The molecule has 0 saturated heterocycles. The lowest BCUT2D eigenvalue weighted by Gasteiger charge is -2.14. The molecule has 2 rings (SSSR count). The summed E-state index contributed by atoms with van der Waals surface area (Å²) in [5, 5.41) is 16.8.